The number of amides is 1. The Labute approximate surface area is 184 Å². The van der Waals surface area contributed by atoms with Crippen molar-refractivity contribution in [1.29, 1.82) is 0 Å². The van der Waals surface area contributed by atoms with Crippen molar-refractivity contribution in [3.05, 3.63) is 71.6 Å². The lowest BCUT2D eigenvalue weighted by atomic mass is 9.98. The third kappa shape index (κ3) is 2.79. The predicted octanol–water partition coefficient (Wildman–Crippen LogP) is 3.41. The number of hydrogen-bond acceptors (Lipinski definition) is 6. The highest BCUT2D eigenvalue weighted by atomic mass is 16.5. The number of nitrogens with zero attached hydrogens (tertiary/aromatic N) is 6. The molecule has 32 heavy (non-hydrogen) atoms. The quantitative estimate of drug-likeness (QED) is 0.499. The van der Waals surface area contributed by atoms with Crippen LogP contribution in [0.1, 0.15) is 46.3 Å². The third-order valence-corrected chi connectivity index (χ3v) is 6.52. The molecule has 6 rings (SSSR count). The molecule has 1 fully saturated rings. The second-order valence-corrected chi connectivity index (χ2v) is 8.37. The normalized spacial score (nSPS) is 19.2. The van der Waals surface area contributed by atoms with Gasteiger partial charge in [0, 0.05) is 42.0 Å². The van der Waals surface area contributed by atoms with Gasteiger partial charge in [-0.3, -0.25) is 9.78 Å². The summed E-state index contributed by atoms with van der Waals surface area (Å²) in [5, 5.41) is 4.89. The maximum Gasteiger partial charge on any atom is 0.274 e. The average molecular weight is 426 g/mol. The Balaban J connectivity index is 1.41. The van der Waals surface area contributed by atoms with Crippen LogP contribution in [0.3, 0.4) is 0 Å². The number of carbonyl (C=O) groups is 1. The average Bonchev–Trinajstić information content (AvgIpc) is 3.40. The van der Waals surface area contributed by atoms with Crippen molar-refractivity contribution in [2.45, 2.75) is 38.3 Å². The first-order chi connectivity index (χ1) is 15.6. The molecule has 4 aromatic rings. The highest BCUT2D eigenvalue weighted by Gasteiger charge is 2.44. The minimum Gasteiger partial charge on any atom is -0.496 e. The molecule has 3 aromatic heterocycles. The van der Waals surface area contributed by atoms with Crippen molar-refractivity contribution in [2.75, 3.05) is 7.11 Å². The molecule has 0 radical (unpaired) electrons. The van der Waals surface area contributed by atoms with E-state index in [2.05, 4.69) is 15.0 Å². The van der Waals surface area contributed by atoms with E-state index in [1.54, 1.807) is 19.5 Å². The fraction of sp³-hybridized carbons (Fsp3) is 0.292. The van der Waals surface area contributed by atoms with Gasteiger partial charge in [-0.15, -0.1) is 0 Å². The van der Waals surface area contributed by atoms with Gasteiger partial charge in [0.05, 0.1) is 36.4 Å². The van der Waals surface area contributed by atoms with Crippen LogP contribution in [-0.2, 0) is 6.42 Å². The molecular formula is C24H22N6O2. The Kier molecular flexibility index (Phi) is 4.21. The monoisotopic (exact) mass is 426 g/mol. The molecule has 0 spiro atoms. The van der Waals surface area contributed by atoms with Crippen LogP contribution in [0.15, 0.2) is 48.9 Å². The van der Waals surface area contributed by atoms with Crippen LogP contribution in [0.5, 0.6) is 5.75 Å². The molecule has 1 saturated heterocycles. The maximum atomic E-state index is 13.3. The van der Waals surface area contributed by atoms with Crippen LogP contribution in [0, 0.1) is 6.92 Å². The molecule has 2 aliphatic heterocycles. The molecule has 0 aliphatic carbocycles. The summed E-state index contributed by atoms with van der Waals surface area (Å²) < 4.78 is 7.46. The molecule has 2 aliphatic rings. The van der Waals surface area contributed by atoms with E-state index in [9.17, 15) is 4.79 Å². The predicted molar refractivity (Wildman–Crippen MR) is 117 cm³/mol. The van der Waals surface area contributed by atoms with Crippen LogP contribution < -0.4 is 4.74 Å². The van der Waals surface area contributed by atoms with E-state index in [0.29, 0.717) is 5.69 Å². The number of aromatic nitrogens is 5. The SMILES string of the molecule is COc1ccccc1-c1cc2ncc3c(n2n1)C[C@H]1CC[C@@H]3N1C(=O)c1cnc(C)cn1. The number of fused-ring (bicyclic) bond motifs is 6. The zero-order valence-corrected chi connectivity index (χ0v) is 17.9. The molecule has 5 heterocycles. The van der Waals surface area contributed by atoms with E-state index < -0.39 is 0 Å². The van der Waals surface area contributed by atoms with Crippen molar-refractivity contribution in [2.24, 2.45) is 0 Å². The minimum absolute atomic E-state index is 0.0184. The number of rotatable bonds is 3. The van der Waals surface area contributed by atoms with E-state index in [1.807, 2.05) is 52.9 Å². The van der Waals surface area contributed by atoms with Crippen LogP contribution in [-0.4, -0.2) is 48.5 Å². The number of aryl methyl sites for hydroxylation is 1. The summed E-state index contributed by atoms with van der Waals surface area (Å²) in [6, 6.07) is 9.93. The van der Waals surface area contributed by atoms with Gasteiger partial charge >= 0.3 is 0 Å². The summed E-state index contributed by atoms with van der Waals surface area (Å²) in [4.78, 5) is 28.5. The molecular weight excluding hydrogens is 404 g/mol. The number of benzene rings is 1. The highest BCUT2D eigenvalue weighted by Crippen LogP contribution is 2.44. The number of methoxy groups -OCH3 is 1. The smallest absolute Gasteiger partial charge is 0.274 e. The van der Waals surface area contributed by atoms with E-state index >= 15 is 0 Å². The van der Waals surface area contributed by atoms with E-state index in [-0.39, 0.29) is 18.0 Å². The van der Waals surface area contributed by atoms with Gasteiger partial charge in [0.1, 0.15) is 11.4 Å². The van der Waals surface area contributed by atoms with Crippen LogP contribution in [0.2, 0.25) is 0 Å². The molecule has 0 unspecified atom stereocenters. The second kappa shape index (κ2) is 7.12. The molecule has 0 saturated carbocycles. The molecule has 2 atom stereocenters. The summed E-state index contributed by atoms with van der Waals surface area (Å²) >= 11 is 0. The van der Waals surface area contributed by atoms with Crippen LogP contribution in [0.25, 0.3) is 16.9 Å². The molecule has 2 bridgehead atoms. The first-order valence-corrected chi connectivity index (χ1v) is 10.8. The molecule has 1 aromatic carbocycles. The van der Waals surface area contributed by atoms with E-state index in [1.165, 1.54) is 0 Å². The lowest BCUT2D eigenvalue weighted by molar-refractivity contribution is 0.0636. The minimum atomic E-state index is -0.0640. The lowest BCUT2D eigenvalue weighted by Gasteiger charge is -2.35. The molecule has 1 amide bonds. The first kappa shape index (κ1) is 18.9. The Morgan fingerprint density at radius 3 is 2.78 bits per heavy atom. The largest absolute Gasteiger partial charge is 0.496 e. The zero-order valence-electron chi connectivity index (χ0n) is 17.9. The Bertz CT molecular complexity index is 1350. The van der Waals surface area contributed by atoms with Crippen LogP contribution >= 0.6 is 0 Å². The van der Waals surface area contributed by atoms with Gasteiger partial charge in [0.25, 0.3) is 5.91 Å². The van der Waals surface area contributed by atoms with Crippen molar-refractivity contribution < 1.29 is 9.53 Å². The summed E-state index contributed by atoms with van der Waals surface area (Å²) in [7, 11) is 1.66. The topological polar surface area (TPSA) is 85.5 Å². The van der Waals surface area contributed by atoms with Gasteiger partial charge in [-0.2, -0.15) is 5.10 Å². The summed E-state index contributed by atoms with van der Waals surface area (Å²) in [5.74, 6) is 0.715. The van der Waals surface area contributed by atoms with Crippen molar-refractivity contribution in [3.8, 4) is 17.0 Å². The Morgan fingerprint density at radius 2 is 1.97 bits per heavy atom. The summed E-state index contributed by atoms with van der Waals surface area (Å²) in [6.07, 6.45) is 7.72. The Hall–Kier alpha value is -3.81. The number of ether oxygens (including phenoxy) is 1. The molecule has 160 valence electrons. The Morgan fingerprint density at radius 1 is 1.09 bits per heavy atom. The number of hydrogen-bond donors (Lipinski definition) is 0. The number of para-hydroxylation sites is 1. The zero-order chi connectivity index (χ0) is 21.8. The maximum absolute atomic E-state index is 13.3. The van der Waals surface area contributed by atoms with Gasteiger partial charge in [-0.1, -0.05) is 12.1 Å². The number of carbonyl (C=O) groups excluding carboxylic acids is 1. The van der Waals surface area contributed by atoms with Crippen molar-refractivity contribution >= 4 is 11.6 Å². The van der Waals surface area contributed by atoms with Crippen molar-refractivity contribution in [3.63, 3.8) is 0 Å². The second-order valence-electron chi connectivity index (χ2n) is 8.37. The van der Waals surface area contributed by atoms with Gasteiger partial charge in [0.2, 0.25) is 0 Å². The van der Waals surface area contributed by atoms with Crippen LogP contribution in [0.4, 0.5) is 0 Å². The molecule has 8 heteroatoms. The molecule has 8 nitrogen and oxygen atoms in total. The first-order valence-electron chi connectivity index (χ1n) is 10.8. The highest BCUT2D eigenvalue weighted by molar-refractivity contribution is 5.93. The van der Waals surface area contributed by atoms with E-state index in [4.69, 9.17) is 9.84 Å². The van der Waals surface area contributed by atoms with Gasteiger partial charge < -0.3 is 9.64 Å². The van der Waals surface area contributed by atoms with Gasteiger partial charge in [-0.25, -0.2) is 14.5 Å². The standard InChI is InChI=1S/C24H22N6O2/c1-14-11-26-19(13-25-14)24(31)29-15-7-8-20(29)17-12-27-23-10-18(28-30(23)21(17)9-15)16-5-3-4-6-22(16)32-2/h3-6,10-13,15,20H,7-9H2,1-2H3/t15-,20+/m1/s1. The molecule has 0 N–H and O–H groups in total. The van der Waals surface area contributed by atoms with Gasteiger partial charge in [0.15, 0.2) is 5.65 Å². The fourth-order valence-electron chi connectivity index (χ4n) is 5.02. The fourth-order valence-corrected chi connectivity index (χ4v) is 5.02. The lowest BCUT2D eigenvalue weighted by Crippen LogP contribution is -2.43. The third-order valence-electron chi connectivity index (χ3n) is 6.52. The summed E-state index contributed by atoms with van der Waals surface area (Å²) in [5.41, 5.74) is 5.93. The van der Waals surface area contributed by atoms with Gasteiger partial charge in [-0.05, 0) is 31.9 Å². The van der Waals surface area contributed by atoms with Crippen molar-refractivity contribution in [1.82, 2.24) is 29.5 Å². The summed E-state index contributed by atoms with van der Waals surface area (Å²) in [6.45, 7) is 1.86. The van der Waals surface area contributed by atoms with E-state index in [0.717, 1.165) is 58.9 Å².